The van der Waals surface area contributed by atoms with Crippen molar-refractivity contribution in [2.24, 2.45) is 0 Å². The Kier molecular flexibility index (Phi) is 5.24. The molecule has 0 radical (unpaired) electrons. The standard InChI is InChI=1S/C20H19BrN2O2S/c21-19-8-7-17(25-19)20(24)22-12-16(18-6-3-11-26-18)23-10-9-14-4-1-2-5-15(14)13-23/h1-8,11,16H,9-10,12-13H2,(H,22,24)/t16-/m0/s1. The van der Waals surface area contributed by atoms with Gasteiger partial charge in [0.25, 0.3) is 5.91 Å². The zero-order valence-electron chi connectivity index (χ0n) is 14.2. The van der Waals surface area contributed by atoms with Crippen LogP contribution in [-0.2, 0) is 13.0 Å². The third-order valence-corrected chi connectivity index (χ3v) is 6.13. The number of amides is 1. The van der Waals surface area contributed by atoms with Crippen LogP contribution in [0.1, 0.15) is 32.6 Å². The molecule has 4 rings (SSSR count). The quantitative estimate of drug-likeness (QED) is 0.641. The summed E-state index contributed by atoms with van der Waals surface area (Å²) in [5, 5.41) is 5.12. The highest BCUT2D eigenvalue weighted by Gasteiger charge is 2.26. The van der Waals surface area contributed by atoms with E-state index in [1.807, 2.05) is 0 Å². The molecular formula is C20H19BrN2O2S. The normalized spacial score (nSPS) is 15.4. The molecule has 0 saturated heterocycles. The van der Waals surface area contributed by atoms with E-state index in [0.29, 0.717) is 17.0 Å². The summed E-state index contributed by atoms with van der Waals surface area (Å²) in [6.45, 7) is 2.45. The number of fused-ring (bicyclic) bond motifs is 1. The van der Waals surface area contributed by atoms with Crippen LogP contribution in [0.4, 0.5) is 0 Å². The molecule has 0 saturated carbocycles. The van der Waals surface area contributed by atoms with Crippen LogP contribution in [-0.4, -0.2) is 23.9 Å². The lowest BCUT2D eigenvalue weighted by molar-refractivity contribution is 0.0900. The molecule has 1 atom stereocenters. The second kappa shape index (κ2) is 7.78. The summed E-state index contributed by atoms with van der Waals surface area (Å²) in [6, 6.07) is 16.4. The number of carbonyl (C=O) groups is 1. The molecular weight excluding hydrogens is 412 g/mol. The van der Waals surface area contributed by atoms with E-state index in [4.69, 9.17) is 4.42 Å². The molecule has 0 spiro atoms. The lowest BCUT2D eigenvalue weighted by atomic mass is 9.98. The smallest absolute Gasteiger partial charge is 0.287 e. The Morgan fingerprint density at radius 2 is 2.04 bits per heavy atom. The van der Waals surface area contributed by atoms with Crippen molar-refractivity contribution >= 4 is 33.2 Å². The van der Waals surface area contributed by atoms with E-state index in [9.17, 15) is 4.79 Å². The van der Waals surface area contributed by atoms with Crippen LogP contribution in [0.3, 0.4) is 0 Å². The molecule has 26 heavy (non-hydrogen) atoms. The van der Waals surface area contributed by atoms with Crippen molar-refractivity contribution in [2.75, 3.05) is 13.1 Å². The van der Waals surface area contributed by atoms with Crippen molar-refractivity contribution in [2.45, 2.75) is 19.0 Å². The van der Waals surface area contributed by atoms with Crippen LogP contribution in [0, 0.1) is 0 Å². The predicted octanol–water partition coefficient (Wildman–Crippen LogP) is 4.63. The lowest BCUT2D eigenvalue weighted by Gasteiger charge is -2.35. The molecule has 1 aliphatic heterocycles. The first-order chi connectivity index (χ1) is 12.7. The van der Waals surface area contributed by atoms with Crippen LogP contribution >= 0.6 is 27.3 Å². The van der Waals surface area contributed by atoms with Gasteiger partial charge in [0, 0.05) is 24.5 Å². The fourth-order valence-corrected chi connectivity index (χ4v) is 4.55. The van der Waals surface area contributed by atoms with Crippen LogP contribution in [0.5, 0.6) is 0 Å². The molecule has 6 heteroatoms. The van der Waals surface area contributed by atoms with Gasteiger partial charge in [-0.1, -0.05) is 30.3 Å². The number of nitrogens with zero attached hydrogens (tertiary/aromatic N) is 1. The van der Waals surface area contributed by atoms with Crippen LogP contribution in [0.15, 0.2) is 63.0 Å². The van der Waals surface area contributed by atoms with E-state index >= 15 is 0 Å². The number of thiophene rings is 1. The van der Waals surface area contributed by atoms with Crippen molar-refractivity contribution in [1.29, 1.82) is 0 Å². The molecule has 0 bridgehead atoms. The number of furan rings is 1. The zero-order chi connectivity index (χ0) is 17.9. The van der Waals surface area contributed by atoms with Crippen molar-refractivity contribution in [3.63, 3.8) is 0 Å². The topological polar surface area (TPSA) is 45.5 Å². The van der Waals surface area contributed by atoms with Gasteiger partial charge >= 0.3 is 0 Å². The maximum absolute atomic E-state index is 12.4. The summed E-state index contributed by atoms with van der Waals surface area (Å²) in [5.74, 6) is 0.139. The number of hydrogen-bond acceptors (Lipinski definition) is 4. The average Bonchev–Trinajstić information content (AvgIpc) is 3.34. The maximum Gasteiger partial charge on any atom is 0.287 e. The van der Waals surface area contributed by atoms with Crippen molar-refractivity contribution in [1.82, 2.24) is 10.2 Å². The highest BCUT2D eigenvalue weighted by molar-refractivity contribution is 9.10. The third kappa shape index (κ3) is 3.77. The fourth-order valence-electron chi connectivity index (χ4n) is 3.39. The minimum atomic E-state index is -0.185. The number of hydrogen-bond donors (Lipinski definition) is 1. The molecule has 0 fully saturated rings. The molecule has 1 N–H and O–H groups in total. The molecule has 4 nitrogen and oxygen atoms in total. The Hall–Kier alpha value is -1.89. The summed E-state index contributed by atoms with van der Waals surface area (Å²) >= 11 is 4.97. The van der Waals surface area contributed by atoms with E-state index in [2.05, 4.69) is 67.9 Å². The summed E-state index contributed by atoms with van der Waals surface area (Å²) in [7, 11) is 0. The van der Waals surface area contributed by atoms with Gasteiger partial charge in [-0.2, -0.15) is 0 Å². The highest BCUT2D eigenvalue weighted by Crippen LogP contribution is 2.30. The van der Waals surface area contributed by atoms with Gasteiger partial charge in [-0.3, -0.25) is 9.69 Å². The van der Waals surface area contributed by atoms with E-state index < -0.39 is 0 Å². The van der Waals surface area contributed by atoms with Crippen LogP contribution in [0.25, 0.3) is 0 Å². The zero-order valence-corrected chi connectivity index (χ0v) is 16.6. The van der Waals surface area contributed by atoms with Gasteiger partial charge in [0.1, 0.15) is 0 Å². The van der Waals surface area contributed by atoms with Gasteiger partial charge in [0.15, 0.2) is 10.4 Å². The summed E-state index contributed by atoms with van der Waals surface area (Å²) in [5.41, 5.74) is 2.81. The fraction of sp³-hybridized carbons (Fsp3) is 0.250. The number of halogens is 1. The average molecular weight is 431 g/mol. The second-order valence-corrected chi connectivity index (χ2v) is 8.10. The van der Waals surface area contributed by atoms with E-state index in [0.717, 1.165) is 19.5 Å². The van der Waals surface area contributed by atoms with Gasteiger partial charge < -0.3 is 9.73 Å². The monoisotopic (exact) mass is 430 g/mol. The molecule has 1 aliphatic rings. The van der Waals surface area contributed by atoms with Gasteiger partial charge in [0.2, 0.25) is 0 Å². The van der Waals surface area contributed by atoms with Crippen molar-refractivity contribution < 1.29 is 9.21 Å². The first kappa shape index (κ1) is 17.5. The first-order valence-corrected chi connectivity index (χ1v) is 10.3. The largest absolute Gasteiger partial charge is 0.444 e. The lowest BCUT2D eigenvalue weighted by Crippen LogP contribution is -2.40. The number of carbonyl (C=O) groups excluding carboxylic acids is 1. The Labute approximate surface area is 165 Å². The molecule has 2 aromatic heterocycles. The molecule has 3 heterocycles. The molecule has 3 aromatic rings. The summed E-state index contributed by atoms with van der Waals surface area (Å²) in [6.07, 6.45) is 1.04. The first-order valence-electron chi connectivity index (χ1n) is 8.58. The molecule has 0 unspecified atom stereocenters. The maximum atomic E-state index is 12.4. The number of benzene rings is 1. The van der Waals surface area contributed by atoms with Crippen molar-refractivity contribution in [3.05, 3.63) is 80.3 Å². The summed E-state index contributed by atoms with van der Waals surface area (Å²) < 4.78 is 5.91. The Morgan fingerprint density at radius 3 is 2.77 bits per heavy atom. The highest BCUT2D eigenvalue weighted by atomic mass is 79.9. The second-order valence-electron chi connectivity index (χ2n) is 6.33. The van der Waals surface area contributed by atoms with Crippen LogP contribution < -0.4 is 5.32 Å². The van der Waals surface area contributed by atoms with Gasteiger partial charge in [-0.05, 0) is 57.1 Å². The van der Waals surface area contributed by atoms with Crippen molar-refractivity contribution in [3.8, 4) is 0 Å². The minimum Gasteiger partial charge on any atom is -0.444 e. The van der Waals surface area contributed by atoms with Gasteiger partial charge in [-0.25, -0.2) is 0 Å². The van der Waals surface area contributed by atoms with Gasteiger partial charge in [-0.15, -0.1) is 11.3 Å². The van der Waals surface area contributed by atoms with E-state index in [1.54, 1.807) is 23.5 Å². The van der Waals surface area contributed by atoms with Gasteiger partial charge in [0.05, 0.1) is 6.04 Å². The molecule has 1 amide bonds. The minimum absolute atomic E-state index is 0.158. The molecule has 1 aromatic carbocycles. The van der Waals surface area contributed by atoms with E-state index in [-0.39, 0.29) is 11.9 Å². The summed E-state index contributed by atoms with van der Waals surface area (Å²) in [4.78, 5) is 16.1. The number of rotatable bonds is 5. The Morgan fingerprint density at radius 1 is 1.19 bits per heavy atom. The predicted molar refractivity (Wildman–Crippen MR) is 106 cm³/mol. The molecule has 0 aliphatic carbocycles. The Balaban J connectivity index is 1.50. The SMILES string of the molecule is O=C(NC[C@@H](c1cccs1)N1CCc2ccccc2C1)c1ccc(Br)o1. The third-order valence-electron chi connectivity index (χ3n) is 4.73. The Bertz CT molecular complexity index is 891. The number of nitrogens with one attached hydrogen (secondary N) is 1. The van der Waals surface area contributed by atoms with E-state index in [1.165, 1.54) is 16.0 Å². The van der Waals surface area contributed by atoms with Crippen LogP contribution in [0.2, 0.25) is 0 Å². The molecule has 134 valence electrons.